The summed E-state index contributed by atoms with van der Waals surface area (Å²) < 4.78 is 13.5. The molecule has 0 atom stereocenters. The van der Waals surface area contributed by atoms with Crippen LogP contribution in [0.15, 0.2) is 36.4 Å². The number of benzene rings is 2. The molecule has 0 heterocycles. The smallest absolute Gasteiger partial charge is 0.300 e. The average Bonchev–Trinajstić information content (AvgIpc) is 2.56. The molecule has 2 aromatic carbocycles. The van der Waals surface area contributed by atoms with E-state index in [9.17, 15) is 24.6 Å². The second-order valence-corrected chi connectivity index (χ2v) is 5.29. The lowest BCUT2D eigenvalue weighted by Gasteiger charge is -2.13. The summed E-state index contributed by atoms with van der Waals surface area (Å²) >= 11 is 5.00. The minimum atomic E-state index is -0.761. The maximum Gasteiger partial charge on any atom is 0.300 e. The Labute approximate surface area is 146 Å². The van der Waals surface area contributed by atoms with E-state index in [4.69, 9.17) is 12.2 Å². The molecule has 130 valence electrons. The Hall–Kier alpha value is -3.34. The number of hydrogen-bond donors (Lipinski definition) is 3. The molecule has 0 aliphatic carbocycles. The summed E-state index contributed by atoms with van der Waals surface area (Å²) in [5.74, 6) is -0.410. The van der Waals surface area contributed by atoms with Crippen molar-refractivity contribution in [3.8, 4) is 0 Å². The fraction of sp³-hybridized carbons (Fsp3) is 0.0714. The van der Waals surface area contributed by atoms with Crippen LogP contribution in [0.25, 0.3) is 0 Å². The number of rotatable bonds is 5. The van der Waals surface area contributed by atoms with E-state index in [2.05, 4.69) is 16.2 Å². The molecule has 2 rings (SSSR count). The standard InChI is InChI=1S/C14H12FN5O4S/c1-8-2-3-9(6-11(8)15)16-14(25)18-17-12-5-4-10(19(21)22)7-13(12)20(23)24/h2-7,17H,1H3,(H2,16,18,25). The monoisotopic (exact) mass is 365 g/mol. The third kappa shape index (κ3) is 4.57. The first-order valence-corrected chi connectivity index (χ1v) is 7.20. The summed E-state index contributed by atoms with van der Waals surface area (Å²) in [6.45, 7) is 1.62. The Morgan fingerprint density at radius 3 is 2.44 bits per heavy atom. The van der Waals surface area contributed by atoms with E-state index in [0.29, 0.717) is 11.3 Å². The third-order valence-electron chi connectivity index (χ3n) is 3.13. The van der Waals surface area contributed by atoms with Gasteiger partial charge in [-0.25, -0.2) is 4.39 Å². The molecule has 3 N–H and O–H groups in total. The second-order valence-electron chi connectivity index (χ2n) is 4.88. The molecular weight excluding hydrogens is 353 g/mol. The number of non-ortho nitro benzene ring substituents is 1. The lowest BCUT2D eigenvalue weighted by atomic mass is 10.2. The van der Waals surface area contributed by atoms with Crippen LogP contribution in [0.1, 0.15) is 5.56 Å². The van der Waals surface area contributed by atoms with Crippen molar-refractivity contribution in [2.75, 3.05) is 10.7 Å². The highest BCUT2D eigenvalue weighted by molar-refractivity contribution is 7.80. The van der Waals surface area contributed by atoms with Crippen molar-refractivity contribution in [1.29, 1.82) is 0 Å². The summed E-state index contributed by atoms with van der Waals surface area (Å²) in [6, 6.07) is 7.54. The fourth-order valence-corrected chi connectivity index (χ4v) is 2.02. The van der Waals surface area contributed by atoms with Crippen LogP contribution in [0.2, 0.25) is 0 Å². The zero-order valence-corrected chi connectivity index (χ0v) is 13.6. The molecule has 0 saturated heterocycles. The van der Waals surface area contributed by atoms with Crippen molar-refractivity contribution in [2.45, 2.75) is 6.92 Å². The van der Waals surface area contributed by atoms with Gasteiger partial charge in [-0.1, -0.05) is 6.07 Å². The lowest BCUT2D eigenvalue weighted by Crippen LogP contribution is -2.33. The SMILES string of the molecule is Cc1ccc(NC(=S)NNc2ccc([N+](=O)[O-])cc2[N+](=O)[O-])cc1F. The molecule has 11 heteroatoms. The largest absolute Gasteiger partial charge is 0.331 e. The number of hydrazine groups is 1. The van der Waals surface area contributed by atoms with Crippen LogP contribution in [-0.2, 0) is 0 Å². The topological polar surface area (TPSA) is 122 Å². The highest BCUT2D eigenvalue weighted by atomic mass is 32.1. The molecule has 0 aromatic heterocycles. The normalized spacial score (nSPS) is 10.0. The highest BCUT2D eigenvalue weighted by Gasteiger charge is 2.19. The summed E-state index contributed by atoms with van der Waals surface area (Å²) in [5, 5.41) is 24.4. The van der Waals surface area contributed by atoms with E-state index in [1.165, 1.54) is 12.1 Å². The average molecular weight is 365 g/mol. The van der Waals surface area contributed by atoms with Gasteiger partial charge in [-0.2, -0.15) is 0 Å². The molecule has 0 radical (unpaired) electrons. The van der Waals surface area contributed by atoms with Crippen molar-refractivity contribution in [3.63, 3.8) is 0 Å². The van der Waals surface area contributed by atoms with Gasteiger partial charge in [-0.3, -0.25) is 31.1 Å². The van der Waals surface area contributed by atoms with Crippen molar-refractivity contribution in [2.24, 2.45) is 0 Å². The summed E-state index contributed by atoms with van der Waals surface area (Å²) in [4.78, 5) is 20.2. The zero-order valence-electron chi connectivity index (χ0n) is 12.8. The maximum atomic E-state index is 13.5. The molecule has 2 aromatic rings. The highest BCUT2D eigenvalue weighted by Crippen LogP contribution is 2.28. The Bertz CT molecular complexity index is 861. The van der Waals surface area contributed by atoms with Gasteiger partial charge in [0.05, 0.1) is 15.9 Å². The number of nitrogens with one attached hydrogen (secondary N) is 3. The minimum absolute atomic E-state index is 0.0187. The molecule has 9 nitrogen and oxygen atoms in total. The van der Waals surface area contributed by atoms with Crippen LogP contribution in [0.3, 0.4) is 0 Å². The second kappa shape index (κ2) is 7.49. The predicted molar refractivity (Wildman–Crippen MR) is 93.9 cm³/mol. The van der Waals surface area contributed by atoms with Crippen LogP contribution in [0.4, 0.5) is 27.1 Å². The number of thiocarbonyl (C=S) groups is 1. The van der Waals surface area contributed by atoms with Gasteiger partial charge in [0.25, 0.3) is 5.69 Å². The molecule has 0 saturated carbocycles. The van der Waals surface area contributed by atoms with Gasteiger partial charge in [0.1, 0.15) is 11.5 Å². The summed E-state index contributed by atoms with van der Waals surface area (Å²) in [5.41, 5.74) is 4.94. The molecular formula is C14H12FN5O4S. The molecule has 0 aliphatic heterocycles. The van der Waals surface area contributed by atoms with Crippen molar-refractivity contribution in [3.05, 3.63) is 68.0 Å². The lowest BCUT2D eigenvalue weighted by molar-refractivity contribution is -0.393. The van der Waals surface area contributed by atoms with Gasteiger partial charge < -0.3 is 5.32 Å². The first-order valence-electron chi connectivity index (χ1n) is 6.80. The van der Waals surface area contributed by atoms with Crippen LogP contribution < -0.4 is 16.2 Å². The van der Waals surface area contributed by atoms with Crippen molar-refractivity contribution < 1.29 is 14.2 Å². The summed E-state index contributed by atoms with van der Waals surface area (Å²) in [7, 11) is 0. The molecule has 0 spiro atoms. The van der Waals surface area contributed by atoms with E-state index in [-0.39, 0.29) is 10.8 Å². The number of nitro benzene ring substituents is 2. The third-order valence-corrected chi connectivity index (χ3v) is 3.33. The van der Waals surface area contributed by atoms with Crippen LogP contribution in [-0.4, -0.2) is 15.0 Å². The number of halogens is 1. The quantitative estimate of drug-likeness (QED) is 0.419. The molecule has 0 unspecified atom stereocenters. The number of nitrogens with zero attached hydrogens (tertiary/aromatic N) is 2. The Kier molecular flexibility index (Phi) is 5.39. The van der Waals surface area contributed by atoms with E-state index < -0.39 is 27.0 Å². The molecule has 25 heavy (non-hydrogen) atoms. The molecule has 0 aliphatic rings. The number of anilines is 2. The number of hydrogen-bond acceptors (Lipinski definition) is 6. The van der Waals surface area contributed by atoms with E-state index >= 15 is 0 Å². The van der Waals surface area contributed by atoms with Crippen LogP contribution in [0.5, 0.6) is 0 Å². The van der Waals surface area contributed by atoms with Gasteiger partial charge in [0.15, 0.2) is 5.11 Å². The van der Waals surface area contributed by atoms with Crippen molar-refractivity contribution in [1.82, 2.24) is 5.43 Å². The predicted octanol–water partition coefficient (Wildman–Crippen LogP) is 3.26. The Morgan fingerprint density at radius 2 is 1.84 bits per heavy atom. The number of nitro groups is 2. The van der Waals surface area contributed by atoms with Crippen molar-refractivity contribution >= 4 is 40.1 Å². The molecule has 0 fully saturated rings. The Morgan fingerprint density at radius 1 is 1.12 bits per heavy atom. The van der Waals surface area contributed by atoms with Gasteiger partial charge in [-0.05, 0) is 42.9 Å². The Balaban J connectivity index is 2.07. The van der Waals surface area contributed by atoms with Gasteiger partial charge in [0, 0.05) is 11.8 Å². The van der Waals surface area contributed by atoms with Crippen LogP contribution >= 0.6 is 12.2 Å². The zero-order chi connectivity index (χ0) is 18.6. The van der Waals surface area contributed by atoms with Crippen LogP contribution in [0, 0.1) is 33.0 Å². The number of aryl methyl sites for hydroxylation is 1. The fourth-order valence-electron chi connectivity index (χ4n) is 1.85. The maximum absolute atomic E-state index is 13.5. The first-order chi connectivity index (χ1) is 11.8. The summed E-state index contributed by atoms with van der Waals surface area (Å²) in [6.07, 6.45) is 0. The molecule has 0 bridgehead atoms. The van der Waals surface area contributed by atoms with Gasteiger partial charge >= 0.3 is 5.69 Å². The van der Waals surface area contributed by atoms with E-state index in [1.54, 1.807) is 19.1 Å². The first kappa shape index (κ1) is 18.0. The van der Waals surface area contributed by atoms with Gasteiger partial charge in [0.2, 0.25) is 0 Å². The van der Waals surface area contributed by atoms with E-state index in [0.717, 1.165) is 12.1 Å². The minimum Gasteiger partial charge on any atom is -0.331 e. The molecule has 0 amide bonds. The van der Waals surface area contributed by atoms with Gasteiger partial charge in [-0.15, -0.1) is 0 Å². The van der Waals surface area contributed by atoms with E-state index in [1.807, 2.05) is 0 Å².